The van der Waals surface area contributed by atoms with Crippen LogP contribution in [0.4, 0.5) is 0 Å². The van der Waals surface area contributed by atoms with E-state index in [4.69, 9.17) is 0 Å². The van der Waals surface area contributed by atoms with Crippen LogP contribution in [0.1, 0.15) is 61.5 Å². The molecular formula is C20H27N3O2. The van der Waals surface area contributed by atoms with Crippen LogP contribution in [-0.2, 0) is 6.42 Å². The first-order valence-electron chi connectivity index (χ1n) is 9.17. The van der Waals surface area contributed by atoms with Gasteiger partial charge in [-0.2, -0.15) is 5.10 Å². The summed E-state index contributed by atoms with van der Waals surface area (Å²) in [5, 5.41) is 13.7. The summed E-state index contributed by atoms with van der Waals surface area (Å²) in [4.78, 5) is 15.0. The maximum Gasteiger partial charge on any atom is 0.257 e. The second-order valence-electron chi connectivity index (χ2n) is 7.16. The number of hydrogen-bond donors (Lipinski definition) is 1. The Hall–Kier alpha value is -2.30. The van der Waals surface area contributed by atoms with Crippen LogP contribution >= 0.6 is 0 Å². The van der Waals surface area contributed by atoms with E-state index in [2.05, 4.69) is 18.9 Å². The Morgan fingerprint density at radius 3 is 2.72 bits per heavy atom. The van der Waals surface area contributed by atoms with E-state index in [9.17, 15) is 9.90 Å². The molecule has 134 valence electrons. The number of aryl methyl sites for hydroxylation is 1. The summed E-state index contributed by atoms with van der Waals surface area (Å²) >= 11 is 0. The predicted octanol–water partition coefficient (Wildman–Crippen LogP) is 3.80. The lowest BCUT2D eigenvalue weighted by atomic mass is 9.95. The SMILES string of the molecule is CC(C)n1cc(C(=O)N2CCCC[C@H]2CCc2ccc(O)cc2)cn1. The van der Waals surface area contributed by atoms with Crippen molar-refractivity contribution in [3.8, 4) is 5.75 Å². The maximum absolute atomic E-state index is 12.9. The van der Waals surface area contributed by atoms with E-state index in [0.29, 0.717) is 11.3 Å². The molecule has 3 rings (SSSR count). The zero-order valence-electron chi connectivity index (χ0n) is 15.1. The molecule has 5 heteroatoms. The Morgan fingerprint density at radius 1 is 1.28 bits per heavy atom. The van der Waals surface area contributed by atoms with Gasteiger partial charge >= 0.3 is 0 Å². The Kier molecular flexibility index (Phi) is 5.41. The highest BCUT2D eigenvalue weighted by Crippen LogP contribution is 2.24. The Balaban J connectivity index is 1.67. The summed E-state index contributed by atoms with van der Waals surface area (Å²) in [6.45, 7) is 4.94. The van der Waals surface area contributed by atoms with Crippen LogP contribution in [0.5, 0.6) is 5.75 Å². The summed E-state index contributed by atoms with van der Waals surface area (Å²) in [5.74, 6) is 0.391. The van der Waals surface area contributed by atoms with Gasteiger partial charge in [-0.25, -0.2) is 0 Å². The van der Waals surface area contributed by atoms with Crippen molar-refractivity contribution in [2.45, 2.75) is 58.0 Å². The van der Waals surface area contributed by atoms with E-state index in [0.717, 1.165) is 32.2 Å². The van der Waals surface area contributed by atoms with E-state index in [1.807, 2.05) is 27.9 Å². The number of aromatic hydroxyl groups is 1. The maximum atomic E-state index is 12.9. The van der Waals surface area contributed by atoms with Gasteiger partial charge in [-0.05, 0) is 63.6 Å². The van der Waals surface area contributed by atoms with Crippen molar-refractivity contribution in [3.05, 3.63) is 47.8 Å². The zero-order chi connectivity index (χ0) is 17.8. The highest BCUT2D eigenvalue weighted by Gasteiger charge is 2.28. The molecule has 0 bridgehead atoms. The number of phenols is 1. The van der Waals surface area contributed by atoms with Crippen molar-refractivity contribution in [3.63, 3.8) is 0 Å². The minimum absolute atomic E-state index is 0.0994. The van der Waals surface area contributed by atoms with Gasteiger partial charge in [0.1, 0.15) is 5.75 Å². The van der Waals surface area contributed by atoms with Crippen LogP contribution < -0.4 is 0 Å². The van der Waals surface area contributed by atoms with Crippen LogP contribution in [0.25, 0.3) is 0 Å². The topological polar surface area (TPSA) is 58.4 Å². The Labute approximate surface area is 149 Å². The number of nitrogens with zero attached hydrogens (tertiary/aromatic N) is 3. The van der Waals surface area contributed by atoms with E-state index in [1.54, 1.807) is 18.3 Å². The second kappa shape index (κ2) is 7.72. The molecule has 2 aromatic rings. The van der Waals surface area contributed by atoms with Crippen LogP contribution in [0, 0.1) is 0 Å². The molecule has 1 saturated heterocycles. The summed E-state index contributed by atoms with van der Waals surface area (Å²) in [6, 6.07) is 7.89. The summed E-state index contributed by atoms with van der Waals surface area (Å²) < 4.78 is 1.84. The van der Waals surface area contributed by atoms with Crippen LogP contribution in [0.2, 0.25) is 0 Å². The number of carbonyl (C=O) groups excluding carboxylic acids is 1. The highest BCUT2D eigenvalue weighted by molar-refractivity contribution is 5.94. The number of phenolic OH excluding ortho intramolecular Hbond substituents is 1. The third-order valence-corrected chi connectivity index (χ3v) is 4.97. The molecule has 0 saturated carbocycles. The molecule has 5 nitrogen and oxygen atoms in total. The quantitative estimate of drug-likeness (QED) is 0.900. The number of amides is 1. The van der Waals surface area contributed by atoms with Crippen molar-refractivity contribution in [1.29, 1.82) is 0 Å². The molecule has 1 aromatic heterocycles. The van der Waals surface area contributed by atoms with Gasteiger partial charge in [-0.1, -0.05) is 12.1 Å². The van der Waals surface area contributed by atoms with Gasteiger partial charge in [0.15, 0.2) is 0 Å². The lowest BCUT2D eigenvalue weighted by Crippen LogP contribution is -2.43. The van der Waals surface area contributed by atoms with E-state index >= 15 is 0 Å². The minimum atomic E-state index is 0.0994. The molecule has 1 aliphatic rings. The number of likely N-dealkylation sites (tertiary alicyclic amines) is 1. The lowest BCUT2D eigenvalue weighted by molar-refractivity contribution is 0.0602. The monoisotopic (exact) mass is 341 g/mol. The van der Waals surface area contributed by atoms with Crippen molar-refractivity contribution in [2.75, 3.05) is 6.54 Å². The van der Waals surface area contributed by atoms with Gasteiger partial charge in [0.05, 0.1) is 11.8 Å². The molecule has 1 N–H and O–H groups in total. The van der Waals surface area contributed by atoms with Crippen molar-refractivity contribution in [1.82, 2.24) is 14.7 Å². The molecule has 2 heterocycles. The highest BCUT2D eigenvalue weighted by atomic mass is 16.3. The average Bonchev–Trinajstić information content (AvgIpc) is 3.11. The molecule has 1 amide bonds. The molecule has 0 spiro atoms. The van der Waals surface area contributed by atoms with Crippen LogP contribution in [0.15, 0.2) is 36.7 Å². The Bertz CT molecular complexity index is 706. The molecular weight excluding hydrogens is 314 g/mol. The van der Waals surface area contributed by atoms with Gasteiger partial charge < -0.3 is 10.0 Å². The third kappa shape index (κ3) is 4.21. The van der Waals surface area contributed by atoms with Crippen LogP contribution in [-0.4, -0.2) is 38.3 Å². The molecule has 1 aromatic carbocycles. The van der Waals surface area contributed by atoms with E-state index in [-0.39, 0.29) is 18.0 Å². The summed E-state index contributed by atoms with van der Waals surface area (Å²) in [7, 11) is 0. The predicted molar refractivity (Wildman–Crippen MR) is 97.7 cm³/mol. The van der Waals surface area contributed by atoms with Crippen molar-refractivity contribution >= 4 is 5.91 Å². The van der Waals surface area contributed by atoms with Gasteiger partial charge in [-0.15, -0.1) is 0 Å². The first kappa shape index (κ1) is 17.5. The summed E-state index contributed by atoms with van der Waals surface area (Å²) in [5.41, 5.74) is 1.88. The van der Waals surface area contributed by atoms with Gasteiger partial charge in [0.2, 0.25) is 0 Å². The standard InChI is InChI=1S/C20H27N3O2/c1-15(2)23-14-17(13-21-23)20(25)22-12-4-3-5-18(22)9-6-16-7-10-19(24)11-8-16/h7-8,10-11,13-15,18,24H,3-6,9,12H2,1-2H3/t18-/m0/s1. The molecule has 25 heavy (non-hydrogen) atoms. The molecule has 1 aliphatic heterocycles. The van der Waals surface area contributed by atoms with Gasteiger partial charge in [0, 0.05) is 24.8 Å². The largest absolute Gasteiger partial charge is 0.508 e. The van der Waals surface area contributed by atoms with E-state index in [1.165, 1.54) is 12.0 Å². The molecule has 0 unspecified atom stereocenters. The fourth-order valence-corrected chi connectivity index (χ4v) is 3.46. The molecule has 1 atom stereocenters. The first-order valence-corrected chi connectivity index (χ1v) is 9.17. The Morgan fingerprint density at radius 2 is 2.04 bits per heavy atom. The average molecular weight is 341 g/mol. The fourth-order valence-electron chi connectivity index (χ4n) is 3.46. The molecule has 1 fully saturated rings. The fraction of sp³-hybridized carbons (Fsp3) is 0.500. The number of piperidine rings is 1. The van der Waals surface area contributed by atoms with Crippen molar-refractivity contribution < 1.29 is 9.90 Å². The smallest absolute Gasteiger partial charge is 0.257 e. The number of aromatic nitrogens is 2. The molecule has 0 radical (unpaired) electrons. The van der Waals surface area contributed by atoms with Crippen LogP contribution in [0.3, 0.4) is 0 Å². The van der Waals surface area contributed by atoms with E-state index < -0.39 is 0 Å². The number of rotatable bonds is 5. The normalized spacial score (nSPS) is 17.9. The lowest BCUT2D eigenvalue weighted by Gasteiger charge is -2.35. The third-order valence-electron chi connectivity index (χ3n) is 4.97. The van der Waals surface area contributed by atoms with Crippen molar-refractivity contribution in [2.24, 2.45) is 0 Å². The minimum Gasteiger partial charge on any atom is -0.508 e. The number of carbonyl (C=O) groups is 1. The number of hydrogen-bond acceptors (Lipinski definition) is 3. The zero-order valence-corrected chi connectivity index (χ0v) is 15.1. The molecule has 0 aliphatic carbocycles. The van der Waals surface area contributed by atoms with Gasteiger partial charge in [-0.3, -0.25) is 9.48 Å². The number of benzene rings is 1. The first-order chi connectivity index (χ1) is 12.0. The summed E-state index contributed by atoms with van der Waals surface area (Å²) in [6.07, 6.45) is 8.72. The van der Waals surface area contributed by atoms with Gasteiger partial charge in [0.25, 0.3) is 5.91 Å². The second-order valence-corrected chi connectivity index (χ2v) is 7.16.